The summed E-state index contributed by atoms with van der Waals surface area (Å²) in [5.74, 6) is -0.467. The van der Waals surface area contributed by atoms with Crippen molar-refractivity contribution in [2.45, 2.75) is 38.1 Å². The van der Waals surface area contributed by atoms with Crippen molar-refractivity contribution in [3.63, 3.8) is 0 Å². The second-order valence-corrected chi connectivity index (χ2v) is 5.00. The van der Waals surface area contributed by atoms with E-state index in [-0.39, 0.29) is 0 Å². The van der Waals surface area contributed by atoms with Crippen LogP contribution in [-0.4, -0.2) is 35.7 Å². The molecule has 1 aliphatic heterocycles. The van der Waals surface area contributed by atoms with Crippen LogP contribution in [0.5, 0.6) is 0 Å². The highest BCUT2D eigenvalue weighted by atomic mass is 19.4. The molecule has 1 aliphatic rings. The van der Waals surface area contributed by atoms with Crippen molar-refractivity contribution < 1.29 is 18.0 Å². The molecule has 0 aliphatic carbocycles. The lowest BCUT2D eigenvalue weighted by atomic mass is 10.1. The number of amides is 1. The Balaban J connectivity index is 1.93. The lowest BCUT2D eigenvalue weighted by Gasteiger charge is -2.22. The number of hydrogen-bond donors (Lipinski definition) is 1. The van der Waals surface area contributed by atoms with E-state index < -0.39 is 30.8 Å². The van der Waals surface area contributed by atoms with Gasteiger partial charge >= 0.3 is 6.18 Å². The fraction of sp³-hybridized carbons (Fsp3) is 0.500. The van der Waals surface area contributed by atoms with Crippen molar-refractivity contribution in [2.24, 2.45) is 0 Å². The van der Waals surface area contributed by atoms with E-state index in [0.717, 1.165) is 10.5 Å². The molecule has 2 atom stereocenters. The van der Waals surface area contributed by atoms with Gasteiger partial charge in [-0.15, -0.1) is 0 Å². The zero-order valence-corrected chi connectivity index (χ0v) is 11.2. The SMILES string of the molecule is CC1NC(CCc2ccccc2)C(=O)N1CC(F)(F)F. The molecular weight excluding hydrogens is 269 g/mol. The summed E-state index contributed by atoms with van der Waals surface area (Å²) in [4.78, 5) is 12.8. The molecule has 0 bridgehead atoms. The molecule has 1 N–H and O–H groups in total. The number of carbonyl (C=O) groups is 1. The van der Waals surface area contributed by atoms with E-state index in [1.54, 1.807) is 6.92 Å². The topological polar surface area (TPSA) is 32.3 Å². The summed E-state index contributed by atoms with van der Waals surface area (Å²) in [6, 6.07) is 9.05. The fourth-order valence-electron chi connectivity index (χ4n) is 2.41. The molecule has 3 nitrogen and oxygen atoms in total. The van der Waals surface area contributed by atoms with Crippen LogP contribution in [0.2, 0.25) is 0 Å². The van der Waals surface area contributed by atoms with Crippen LogP contribution in [-0.2, 0) is 11.2 Å². The molecule has 2 unspecified atom stereocenters. The number of aryl methyl sites for hydroxylation is 1. The van der Waals surface area contributed by atoms with E-state index in [1.165, 1.54) is 0 Å². The van der Waals surface area contributed by atoms with Gasteiger partial charge in [0, 0.05) is 0 Å². The summed E-state index contributed by atoms with van der Waals surface area (Å²) in [5, 5.41) is 2.92. The number of nitrogens with one attached hydrogen (secondary N) is 1. The molecule has 1 aromatic rings. The number of nitrogens with zero attached hydrogens (tertiary/aromatic N) is 1. The summed E-state index contributed by atoms with van der Waals surface area (Å²) in [7, 11) is 0. The molecule has 1 amide bonds. The molecule has 20 heavy (non-hydrogen) atoms. The van der Waals surface area contributed by atoms with Crippen molar-refractivity contribution in [1.82, 2.24) is 10.2 Å². The Hall–Kier alpha value is -1.56. The number of halogens is 3. The summed E-state index contributed by atoms with van der Waals surface area (Å²) in [6.07, 6.45) is -3.77. The smallest absolute Gasteiger partial charge is 0.317 e. The van der Waals surface area contributed by atoms with Gasteiger partial charge in [0.25, 0.3) is 0 Å². The van der Waals surface area contributed by atoms with Gasteiger partial charge in [-0.3, -0.25) is 10.1 Å². The van der Waals surface area contributed by atoms with Crippen LogP contribution in [0.1, 0.15) is 18.9 Å². The van der Waals surface area contributed by atoms with Gasteiger partial charge in [-0.05, 0) is 25.3 Å². The number of hydrogen-bond acceptors (Lipinski definition) is 2. The highest BCUT2D eigenvalue weighted by Gasteiger charge is 2.42. The highest BCUT2D eigenvalue weighted by molar-refractivity contribution is 5.84. The first-order valence-corrected chi connectivity index (χ1v) is 6.54. The van der Waals surface area contributed by atoms with Crippen molar-refractivity contribution in [3.05, 3.63) is 35.9 Å². The van der Waals surface area contributed by atoms with Gasteiger partial charge in [-0.2, -0.15) is 13.2 Å². The number of alkyl halides is 3. The molecular formula is C14H17F3N2O. The van der Waals surface area contributed by atoms with Crippen LogP contribution >= 0.6 is 0 Å². The Bertz CT molecular complexity index is 461. The molecule has 1 saturated heterocycles. The van der Waals surface area contributed by atoms with Crippen LogP contribution in [0, 0.1) is 0 Å². The minimum absolute atomic E-state index is 0.467. The quantitative estimate of drug-likeness (QED) is 0.921. The van der Waals surface area contributed by atoms with Crippen LogP contribution in [0.3, 0.4) is 0 Å². The predicted molar refractivity (Wildman–Crippen MR) is 68.9 cm³/mol. The molecule has 6 heteroatoms. The van der Waals surface area contributed by atoms with Gasteiger partial charge < -0.3 is 4.90 Å². The molecule has 2 rings (SSSR count). The Morgan fingerprint density at radius 2 is 1.90 bits per heavy atom. The average molecular weight is 286 g/mol. The highest BCUT2D eigenvalue weighted by Crippen LogP contribution is 2.22. The minimum atomic E-state index is -4.36. The Labute approximate surface area is 115 Å². The van der Waals surface area contributed by atoms with Crippen molar-refractivity contribution in [1.29, 1.82) is 0 Å². The van der Waals surface area contributed by atoms with E-state index in [2.05, 4.69) is 5.32 Å². The zero-order valence-electron chi connectivity index (χ0n) is 11.2. The Morgan fingerprint density at radius 3 is 2.50 bits per heavy atom. The second kappa shape index (κ2) is 5.83. The summed E-state index contributed by atoms with van der Waals surface area (Å²) in [5.41, 5.74) is 1.07. The molecule has 1 aromatic carbocycles. The van der Waals surface area contributed by atoms with Crippen LogP contribution in [0.15, 0.2) is 30.3 Å². The standard InChI is InChI=1S/C14H17F3N2O/c1-10-18-12(8-7-11-5-3-2-4-6-11)13(20)19(10)9-14(15,16)17/h2-6,10,12,18H,7-9H2,1H3. The number of rotatable bonds is 4. The zero-order chi connectivity index (χ0) is 14.8. The first-order chi connectivity index (χ1) is 9.37. The van der Waals surface area contributed by atoms with Crippen LogP contribution in [0.4, 0.5) is 13.2 Å². The molecule has 110 valence electrons. The monoisotopic (exact) mass is 286 g/mol. The maximum absolute atomic E-state index is 12.4. The normalized spacial score (nSPS) is 23.4. The average Bonchev–Trinajstić information content (AvgIpc) is 2.64. The third kappa shape index (κ3) is 3.72. The van der Waals surface area contributed by atoms with Gasteiger partial charge in [0.05, 0.1) is 12.2 Å². The number of carbonyl (C=O) groups excluding carboxylic acids is 1. The molecule has 1 heterocycles. The maximum Gasteiger partial charge on any atom is 0.406 e. The summed E-state index contributed by atoms with van der Waals surface area (Å²) >= 11 is 0. The largest absolute Gasteiger partial charge is 0.406 e. The second-order valence-electron chi connectivity index (χ2n) is 5.00. The number of benzene rings is 1. The summed E-state index contributed by atoms with van der Waals surface area (Å²) in [6.45, 7) is 0.383. The first-order valence-electron chi connectivity index (χ1n) is 6.54. The lowest BCUT2D eigenvalue weighted by Crippen LogP contribution is -2.41. The third-order valence-electron chi connectivity index (χ3n) is 3.41. The minimum Gasteiger partial charge on any atom is -0.317 e. The van der Waals surface area contributed by atoms with E-state index >= 15 is 0 Å². The van der Waals surface area contributed by atoms with Crippen LogP contribution < -0.4 is 5.32 Å². The van der Waals surface area contributed by atoms with Gasteiger partial charge in [0.2, 0.25) is 5.91 Å². The molecule has 0 radical (unpaired) electrons. The molecule has 0 saturated carbocycles. The van der Waals surface area contributed by atoms with Crippen molar-refractivity contribution >= 4 is 5.91 Å². The van der Waals surface area contributed by atoms with Gasteiger partial charge in [-0.25, -0.2) is 0 Å². The van der Waals surface area contributed by atoms with Gasteiger partial charge in [-0.1, -0.05) is 30.3 Å². The summed E-state index contributed by atoms with van der Waals surface area (Å²) < 4.78 is 37.2. The van der Waals surface area contributed by atoms with E-state index in [1.807, 2.05) is 30.3 Å². The molecule has 0 spiro atoms. The Morgan fingerprint density at radius 1 is 1.25 bits per heavy atom. The van der Waals surface area contributed by atoms with Crippen molar-refractivity contribution in [3.8, 4) is 0 Å². The molecule has 1 fully saturated rings. The predicted octanol–water partition coefficient (Wildman–Crippen LogP) is 2.33. The van der Waals surface area contributed by atoms with Gasteiger partial charge in [0.1, 0.15) is 6.54 Å². The van der Waals surface area contributed by atoms with Crippen LogP contribution in [0.25, 0.3) is 0 Å². The van der Waals surface area contributed by atoms with Crippen molar-refractivity contribution in [2.75, 3.05) is 6.54 Å². The lowest BCUT2D eigenvalue weighted by molar-refractivity contribution is -0.160. The fourth-order valence-corrected chi connectivity index (χ4v) is 2.41. The van der Waals surface area contributed by atoms with E-state index in [4.69, 9.17) is 0 Å². The Kier molecular flexibility index (Phi) is 4.32. The van der Waals surface area contributed by atoms with Gasteiger partial charge in [0.15, 0.2) is 0 Å². The third-order valence-corrected chi connectivity index (χ3v) is 3.41. The van der Waals surface area contributed by atoms with E-state index in [9.17, 15) is 18.0 Å². The first kappa shape index (κ1) is 14.8. The van der Waals surface area contributed by atoms with E-state index in [0.29, 0.717) is 12.8 Å². The maximum atomic E-state index is 12.4. The molecule has 0 aromatic heterocycles.